The molecule has 0 saturated carbocycles. The van der Waals surface area contributed by atoms with Gasteiger partial charge in [-0.3, -0.25) is 0 Å². The Kier molecular flexibility index (Phi) is 32.8. The molecule has 0 aliphatic carbocycles. The molecule has 0 amide bonds. The highest BCUT2D eigenvalue weighted by Gasteiger charge is 2.20. The summed E-state index contributed by atoms with van der Waals surface area (Å²) in [5.41, 5.74) is 0.929. The summed E-state index contributed by atoms with van der Waals surface area (Å²) in [7, 11) is 4.06. The van der Waals surface area contributed by atoms with Crippen LogP contribution in [0.4, 0.5) is 0 Å². The quantitative estimate of drug-likeness (QED) is 0.0542. The molecule has 1 aromatic heterocycles. The number of hydrogen-bond donors (Lipinski definition) is 1. The molecule has 1 N–H and O–H groups in total. The fourth-order valence-corrected chi connectivity index (χ4v) is 6.25. The number of nitrogens with zero attached hydrogens (tertiary/aromatic N) is 2. The number of unbranched alkanes of at least 4 members (excludes halogenated alkanes) is 18. The second kappa shape index (κ2) is 36.1. The van der Waals surface area contributed by atoms with E-state index in [9.17, 15) is 9.90 Å². The topological polar surface area (TPSA) is 71.9 Å². The van der Waals surface area contributed by atoms with Crippen LogP contribution in [-0.4, -0.2) is 54.8 Å². The van der Waals surface area contributed by atoms with Crippen LogP contribution in [-0.2, 0) is 6.42 Å². The molecule has 0 fully saturated rings. The van der Waals surface area contributed by atoms with Crippen LogP contribution >= 0.6 is 0 Å². The Balaban J connectivity index is 2.39. The van der Waals surface area contributed by atoms with Gasteiger partial charge in [0.15, 0.2) is 0 Å². The van der Waals surface area contributed by atoms with E-state index in [-0.39, 0.29) is 5.56 Å². The Hall–Kier alpha value is -2.86. The van der Waals surface area contributed by atoms with Crippen molar-refractivity contribution < 1.29 is 19.4 Å². The van der Waals surface area contributed by atoms with Gasteiger partial charge in [0.25, 0.3) is 0 Å². The fourth-order valence-electron chi connectivity index (χ4n) is 6.25. The van der Waals surface area contributed by atoms with Crippen molar-refractivity contribution >= 4 is 5.97 Å². The van der Waals surface area contributed by atoms with Crippen molar-refractivity contribution in [3.05, 3.63) is 65.8 Å². The first-order chi connectivity index (χ1) is 26.0. The minimum Gasteiger partial charge on any atom is -0.478 e. The monoisotopic (exact) mass is 737 g/mol. The molecule has 53 heavy (non-hydrogen) atoms. The van der Waals surface area contributed by atoms with E-state index in [2.05, 4.69) is 67.4 Å². The summed E-state index contributed by atoms with van der Waals surface area (Å²) in [4.78, 5) is 19.1. The average Bonchev–Trinajstić information content (AvgIpc) is 3.14. The van der Waals surface area contributed by atoms with Gasteiger partial charge in [0.2, 0.25) is 11.8 Å². The zero-order valence-electron chi connectivity index (χ0n) is 34.8. The van der Waals surface area contributed by atoms with Crippen LogP contribution in [0.5, 0.6) is 11.8 Å². The molecule has 1 aromatic rings. The van der Waals surface area contributed by atoms with Crippen molar-refractivity contribution in [2.24, 2.45) is 0 Å². The zero-order valence-corrected chi connectivity index (χ0v) is 34.8. The summed E-state index contributed by atoms with van der Waals surface area (Å²) in [5.74, 6) is -0.170. The number of carbonyl (C=O) groups is 1. The maximum Gasteiger partial charge on any atom is 0.336 e. The summed E-state index contributed by atoms with van der Waals surface area (Å²) >= 11 is 0. The van der Waals surface area contributed by atoms with Gasteiger partial charge in [-0.2, -0.15) is 4.98 Å². The van der Waals surface area contributed by atoms with E-state index in [1.165, 1.54) is 103 Å². The van der Waals surface area contributed by atoms with Crippen LogP contribution in [0.1, 0.15) is 190 Å². The van der Waals surface area contributed by atoms with E-state index >= 15 is 0 Å². The van der Waals surface area contributed by atoms with Crippen molar-refractivity contribution in [3.8, 4) is 11.8 Å². The van der Waals surface area contributed by atoms with Gasteiger partial charge in [0.05, 0.1) is 18.8 Å². The largest absolute Gasteiger partial charge is 0.478 e. The molecular formula is C47H80N2O4. The standard InChI is InChI=1S/C47H80N2O4/c1-5-7-9-11-13-15-17-19-21-23-25-27-29-31-33-35-40-52-45-42-44(47(50)51)43(38-37-39-49(3)4)46(48-45)53-41-36-34-32-30-28-26-24-22-20-18-16-14-12-10-8-6-2/h13-16,19-22,42H,5-12,17-18,23-41H2,1-4H3,(H,50,51)/b15-13-,16-14-,21-19-,22-20-. The van der Waals surface area contributed by atoms with E-state index in [0.29, 0.717) is 37.0 Å². The van der Waals surface area contributed by atoms with Crippen molar-refractivity contribution in [1.29, 1.82) is 0 Å². The Morgan fingerprint density at radius 1 is 0.604 bits per heavy atom. The Morgan fingerprint density at radius 3 is 1.49 bits per heavy atom. The molecule has 0 aromatic carbocycles. The molecule has 302 valence electrons. The number of aromatic nitrogens is 1. The molecule has 1 rings (SSSR count). The number of aromatic carboxylic acids is 1. The van der Waals surface area contributed by atoms with E-state index < -0.39 is 5.97 Å². The Bertz CT molecular complexity index is 1120. The molecule has 0 atom stereocenters. The van der Waals surface area contributed by atoms with Gasteiger partial charge in [-0.05, 0) is 111 Å². The predicted octanol–water partition coefficient (Wildman–Crippen LogP) is 13.7. The molecule has 0 saturated heterocycles. The van der Waals surface area contributed by atoms with Crippen LogP contribution in [0.15, 0.2) is 54.7 Å². The summed E-state index contributed by atoms with van der Waals surface area (Å²) in [6, 6.07) is 1.59. The molecule has 6 heteroatoms. The van der Waals surface area contributed by atoms with Crippen molar-refractivity contribution in [3.63, 3.8) is 0 Å². The van der Waals surface area contributed by atoms with Crippen molar-refractivity contribution in [1.82, 2.24) is 9.88 Å². The van der Waals surface area contributed by atoms with E-state index in [1.807, 2.05) is 14.1 Å². The second-order valence-corrected chi connectivity index (χ2v) is 14.9. The number of hydrogen-bond acceptors (Lipinski definition) is 5. The third kappa shape index (κ3) is 29.2. The number of ether oxygens (including phenoxy) is 2. The van der Waals surface area contributed by atoms with Gasteiger partial charge in [-0.1, -0.05) is 140 Å². The minimum absolute atomic E-state index is 0.248. The Labute approximate surface area is 326 Å². The summed E-state index contributed by atoms with van der Waals surface area (Å²) < 4.78 is 12.2. The number of rotatable bonds is 37. The number of carboxylic acid groups (broad SMARTS) is 1. The molecule has 0 spiro atoms. The molecule has 0 bridgehead atoms. The van der Waals surface area contributed by atoms with E-state index in [4.69, 9.17) is 14.5 Å². The predicted molar refractivity (Wildman–Crippen MR) is 228 cm³/mol. The summed E-state index contributed by atoms with van der Waals surface area (Å²) in [6.45, 7) is 6.44. The highest BCUT2D eigenvalue weighted by atomic mass is 16.5. The average molecular weight is 737 g/mol. The first-order valence-electron chi connectivity index (χ1n) is 21.8. The number of pyridine rings is 1. The van der Waals surface area contributed by atoms with Crippen LogP contribution < -0.4 is 9.47 Å². The molecular weight excluding hydrogens is 657 g/mol. The third-order valence-corrected chi connectivity index (χ3v) is 9.50. The van der Waals surface area contributed by atoms with Crippen LogP contribution in [0.25, 0.3) is 0 Å². The summed E-state index contributed by atoms with van der Waals surface area (Å²) in [6.07, 6.45) is 48.5. The molecule has 0 aliphatic heterocycles. The van der Waals surface area contributed by atoms with Crippen LogP contribution in [0.3, 0.4) is 0 Å². The van der Waals surface area contributed by atoms with Gasteiger partial charge in [0, 0.05) is 11.6 Å². The van der Waals surface area contributed by atoms with Crippen molar-refractivity contribution in [2.75, 3.05) is 33.9 Å². The molecule has 0 radical (unpaired) electrons. The van der Waals surface area contributed by atoms with Crippen LogP contribution in [0, 0.1) is 0 Å². The molecule has 1 heterocycles. The highest BCUT2D eigenvalue weighted by Crippen LogP contribution is 2.28. The highest BCUT2D eigenvalue weighted by molar-refractivity contribution is 5.90. The van der Waals surface area contributed by atoms with Gasteiger partial charge in [-0.25, -0.2) is 4.79 Å². The third-order valence-electron chi connectivity index (χ3n) is 9.50. The lowest BCUT2D eigenvalue weighted by Gasteiger charge is -2.16. The maximum absolute atomic E-state index is 12.3. The summed E-state index contributed by atoms with van der Waals surface area (Å²) in [5, 5.41) is 10.1. The minimum atomic E-state index is -0.954. The second-order valence-electron chi connectivity index (χ2n) is 14.9. The number of carboxylic acids is 1. The lowest BCUT2D eigenvalue weighted by molar-refractivity contribution is 0.0693. The van der Waals surface area contributed by atoms with Crippen molar-refractivity contribution in [2.45, 2.75) is 181 Å². The van der Waals surface area contributed by atoms with E-state index in [1.54, 1.807) is 6.07 Å². The SMILES string of the molecule is CCCCC/C=C\C/C=C\CCCCCCCCOc1cc(C(=O)O)c(CCCN(C)C)c(OCCCCCCCC/C=C\C/C=C\CCCCC)n1. The van der Waals surface area contributed by atoms with Gasteiger partial charge >= 0.3 is 5.97 Å². The zero-order chi connectivity index (χ0) is 38.5. The van der Waals surface area contributed by atoms with Gasteiger partial charge < -0.3 is 19.5 Å². The lowest BCUT2D eigenvalue weighted by atomic mass is 10.0. The molecule has 0 unspecified atom stereocenters. The van der Waals surface area contributed by atoms with Crippen LogP contribution in [0.2, 0.25) is 0 Å². The fraction of sp³-hybridized carbons (Fsp3) is 0.702. The first-order valence-corrected chi connectivity index (χ1v) is 21.8. The lowest BCUT2D eigenvalue weighted by Crippen LogP contribution is -2.16. The van der Waals surface area contributed by atoms with Gasteiger partial charge in [-0.15, -0.1) is 0 Å². The number of allylic oxidation sites excluding steroid dienone is 8. The Morgan fingerprint density at radius 2 is 1.04 bits per heavy atom. The van der Waals surface area contributed by atoms with Gasteiger partial charge in [0.1, 0.15) is 0 Å². The van der Waals surface area contributed by atoms with E-state index in [0.717, 1.165) is 64.3 Å². The molecule has 6 nitrogen and oxygen atoms in total. The maximum atomic E-state index is 12.3. The molecule has 0 aliphatic rings. The first kappa shape index (κ1) is 48.2. The normalized spacial score (nSPS) is 12.1. The smallest absolute Gasteiger partial charge is 0.336 e.